The molecule has 0 aromatic heterocycles. The summed E-state index contributed by atoms with van der Waals surface area (Å²) in [7, 11) is 0. The number of carbonyl (C=O) groups is 1. The predicted octanol–water partition coefficient (Wildman–Crippen LogP) is 3.11. The van der Waals surface area contributed by atoms with Crippen molar-refractivity contribution in [2.24, 2.45) is 0 Å². The maximum Gasteiger partial charge on any atom is 0.253 e. The number of hydrogen-bond acceptors (Lipinski definition) is 2. The summed E-state index contributed by atoms with van der Waals surface area (Å²) in [5.41, 5.74) is 9.09. The number of nitrogens with two attached hydrogens (primary N) is 1. The van der Waals surface area contributed by atoms with Gasteiger partial charge in [-0.25, -0.2) is 0 Å². The van der Waals surface area contributed by atoms with Crippen molar-refractivity contribution >= 4 is 11.6 Å². The number of amides is 1. The average molecular weight is 268 g/mol. The molecule has 1 unspecified atom stereocenters. The van der Waals surface area contributed by atoms with E-state index in [4.69, 9.17) is 5.73 Å². The Hall–Kier alpha value is -2.29. The normalized spacial score (nSPS) is 11.9. The van der Waals surface area contributed by atoms with Crippen molar-refractivity contribution < 1.29 is 4.79 Å². The van der Waals surface area contributed by atoms with E-state index in [0.29, 0.717) is 17.8 Å². The van der Waals surface area contributed by atoms with Gasteiger partial charge in [0.2, 0.25) is 0 Å². The summed E-state index contributed by atoms with van der Waals surface area (Å²) >= 11 is 0. The highest BCUT2D eigenvalue weighted by Crippen LogP contribution is 2.17. The molecule has 3 heteroatoms. The van der Waals surface area contributed by atoms with Crippen molar-refractivity contribution in [2.75, 3.05) is 12.3 Å². The first-order valence-corrected chi connectivity index (χ1v) is 6.78. The molecule has 0 saturated heterocycles. The molecule has 0 aliphatic rings. The first-order valence-electron chi connectivity index (χ1n) is 6.78. The number of nitrogens with one attached hydrogen (secondary N) is 1. The van der Waals surface area contributed by atoms with Gasteiger partial charge in [0.25, 0.3) is 5.91 Å². The van der Waals surface area contributed by atoms with Crippen LogP contribution in [0.1, 0.15) is 34.3 Å². The Morgan fingerprint density at radius 3 is 2.50 bits per heavy atom. The molecule has 0 spiro atoms. The minimum absolute atomic E-state index is 0.108. The Bertz CT molecular complexity index is 573. The highest BCUT2D eigenvalue weighted by Gasteiger charge is 2.13. The number of hydrogen-bond donors (Lipinski definition) is 2. The van der Waals surface area contributed by atoms with Crippen molar-refractivity contribution in [1.29, 1.82) is 0 Å². The van der Waals surface area contributed by atoms with Crippen LogP contribution in [-0.4, -0.2) is 12.5 Å². The van der Waals surface area contributed by atoms with Gasteiger partial charge in [-0.1, -0.05) is 49.4 Å². The molecule has 3 N–H and O–H groups in total. The van der Waals surface area contributed by atoms with Crippen molar-refractivity contribution in [2.45, 2.75) is 19.8 Å². The lowest BCUT2D eigenvalue weighted by Gasteiger charge is -2.14. The van der Waals surface area contributed by atoms with Crippen LogP contribution >= 0.6 is 0 Å². The van der Waals surface area contributed by atoms with E-state index in [1.165, 1.54) is 5.56 Å². The molecule has 20 heavy (non-hydrogen) atoms. The van der Waals surface area contributed by atoms with Gasteiger partial charge in [0.1, 0.15) is 0 Å². The van der Waals surface area contributed by atoms with Crippen molar-refractivity contribution in [3.05, 3.63) is 65.2 Å². The number of nitrogen functional groups attached to an aromatic ring is 1. The van der Waals surface area contributed by atoms with Gasteiger partial charge in [-0.2, -0.15) is 0 Å². The number of anilines is 1. The number of carbonyl (C=O) groups excluding carboxylic acids is 1. The van der Waals surface area contributed by atoms with Gasteiger partial charge in [-0.15, -0.1) is 0 Å². The van der Waals surface area contributed by atoms with Crippen LogP contribution in [0.5, 0.6) is 0 Å². The topological polar surface area (TPSA) is 55.1 Å². The largest absolute Gasteiger partial charge is 0.398 e. The van der Waals surface area contributed by atoms with Gasteiger partial charge >= 0.3 is 0 Å². The van der Waals surface area contributed by atoms with Gasteiger partial charge in [0.15, 0.2) is 0 Å². The van der Waals surface area contributed by atoms with E-state index in [1.54, 1.807) is 6.07 Å². The SMILES string of the molecule is Cc1cccc(N)c1C(=O)NCC(C)c1ccccc1. The van der Waals surface area contributed by atoms with Crippen LogP contribution < -0.4 is 11.1 Å². The fraction of sp³-hybridized carbons (Fsp3) is 0.235. The molecule has 0 radical (unpaired) electrons. The third kappa shape index (κ3) is 3.18. The molecule has 0 heterocycles. The zero-order valence-corrected chi connectivity index (χ0v) is 11.9. The van der Waals surface area contributed by atoms with E-state index < -0.39 is 0 Å². The van der Waals surface area contributed by atoms with Crippen LogP contribution in [0.25, 0.3) is 0 Å². The van der Waals surface area contributed by atoms with E-state index in [9.17, 15) is 4.79 Å². The van der Waals surface area contributed by atoms with Crippen LogP contribution in [0.4, 0.5) is 5.69 Å². The van der Waals surface area contributed by atoms with Crippen molar-refractivity contribution in [3.63, 3.8) is 0 Å². The monoisotopic (exact) mass is 268 g/mol. The molecule has 2 rings (SSSR count). The maximum absolute atomic E-state index is 12.2. The molecule has 1 amide bonds. The number of rotatable bonds is 4. The molecule has 0 bridgehead atoms. The fourth-order valence-electron chi connectivity index (χ4n) is 2.23. The molecule has 3 nitrogen and oxygen atoms in total. The minimum atomic E-state index is -0.108. The quantitative estimate of drug-likeness (QED) is 0.837. The molecule has 0 saturated carbocycles. The minimum Gasteiger partial charge on any atom is -0.398 e. The third-order valence-corrected chi connectivity index (χ3v) is 3.47. The fourth-order valence-corrected chi connectivity index (χ4v) is 2.23. The zero-order valence-electron chi connectivity index (χ0n) is 11.9. The zero-order chi connectivity index (χ0) is 14.5. The first kappa shape index (κ1) is 14.1. The second kappa shape index (κ2) is 6.24. The number of aryl methyl sites for hydroxylation is 1. The van der Waals surface area contributed by atoms with Gasteiger partial charge in [-0.05, 0) is 30.0 Å². The average Bonchev–Trinajstić information content (AvgIpc) is 2.45. The molecule has 0 fully saturated rings. The van der Waals surface area contributed by atoms with Gasteiger partial charge in [-0.3, -0.25) is 4.79 Å². The summed E-state index contributed by atoms with van der Waals surface area (Å²) in [6.07, 6.45) is 0. The van der Waals surface area contributed by atoms with E-state index in [1.807, 2.05) is 37.3 Å². The van der Waals surface area contributed by atoms with Gasteiger partial charge in [0, 0.05) is 12.2 Å². The highest BCUT2D eigenvalue weighted by molar-refractivity contribution is 6.00. The molecule has 0 aliphatic carbocycles. The Kier molecular flexibility index (Phi) is 4.41. The lowest BCUT2D eigenvalue weighted by atomic mass is 10.0. The van der Waals surface area contributed by atoms with Crippen LogP contribution in [0.2, 0.25) is 0 Å². The lowest BCUT2D eigenvalue weighted by molar-refractivity contribution is 0.0952. The Morgan fingerprint density at radius 2 is 1.85 bits per heavy atom. The first-order chi connectivity index (χ1) is 9.59. The van der Waals surface area contributed by atoms with Crippen molar-refractivity contribution in [1.82, 2.24) is 5.32 Å². The third-order valence-electron chi connectivity index (χ3n) is 3.47. The number of benzene rings is 2. The molecular formula is C17H20N2O. The van der Waals surface area contributed by atoms with E-state index in [0.717, 1.165) is 5.56 Å². The molecule has 104 valence electrons. The summed E-state index contributed by atoms with van der Waals surface area (Å²) in [6.45, 7) is 4.58. The van der Waals surface area contributed by atoms with E-state index in [-0.39, 0.29) is 11.8 Å². The Morgan fingerprint density at radius 1 is 1.15 bits per heavy atom. The Labute approximate surface area is 119 Å². The summed E-state index contributed by atoms with van der Waals surface area (Å²) in [6, 6.07) is 15.6. The second-order valence-electron chi connectivity index (χ2n) is 5.06. The smallest absolute Gasteiger partial charge is 0.253 e. The predicted molar refractivity (Wildman–Crippen MR) is 82.8 cm³/mol. The van der Waals surface area contributed by atoms with Crippen LogP contribution in [0, 0.1) is 6.92 Å². The van der Waals surface area contributed by atoms with Crippen LogP contribution in [-0.2, 0) is 0 Å². The molecule has 0 aliphatic heterocycles. The van der Waals surface area contributed by atoms with E-state index >= 15 is 0 Å². The summed E-state index contributed by atoms with van der Waals surface area (Å²) < 4.78 is 0. The van der Waals surface area contributed by atoms with Crippen molar-refractivity contribution in [3.8, 4) is 0 Å². The van der Waals surface area contributed by atoms with Gasteiger partial charge in [0.05, 0.1) is 5.56 Å². The lowest BCUT2D eigenvalue weighted by Crippen LogP contribution is -2.28. The van der Waals surface area contributed by atoms with E-state index in [2.05, 4.69) is 24.4 Å². The summed E-state index contributed by atoms with van der Waals surface area (Å²) in [5.74, 6) is 0.161. The summed E-state index contributed by atoms with van der Waals surface area (Å²) in [4.78, 5) is 12.2. The Balaban J connectivity index is 2.03. The molecule has 2 aromatic rings. The summed E-state index contributed by atoms with van der Waals surface area (Å²) in [5, 5.41) is 2.96. The van der Waals surface area contributed by atoms with Crippen LogP contribution in [0.15, 0.2) is 48.5 Å². The van der Waals surface area contributed by atoms with Crippen LogP contribution in [0.3, 0.4) is 0 Å². The highest BCUT2D eigenvalue weighted by atomic mass is 16.1. The molecule has 1 atom stereocenters. The second-order valence-corrected chi connectivity index (χ2v) is 5.06. The van der Waals surface area contributed by atoms with Gasteiger partial charge < -0.3 is 11.1 Å². The molecular weight excluding hydrogens is 248 g/mol. The molecule has 2 aromatic carbocycles. The standard InChI is InChI=1S/C17H20N2O/c1-12-7-6-10-15(18)16(12)17(20)19-11-13(2)14-8-4-3-5-9-14/h3-10,13H,11,18H2,1-2H3,(H,19,20). The maximum atomic E-state index is 12.2.